The fourth-order valence-corrected chi connectivity index (χ4v) is 0.907. The Labute approximate surface area is 70.0 Å². The Morgan fingerprint density at radius 2 is 1.83 bits per heavy atom. The standard InChI is InChI=1S/C9H10F2O/c1-2-7-3-5-8(6-4-7)12-9(10)11/h3-6,9H,2H2,1H3. The molecule has 0 N–H and O–H groups in total. The van der Waals surface area contributed by atoms with Crippen LogP contribution >= 0.6 is 0 Å². The lowest BCUT2D eigenvalue weighted by Crippen LogP contribution is -2.01. The van der Waals surface area contributed by atoms with E-state index >= 15 is 0 Å². The van der Waals surface area contributed by atoms with Crippen molar-refractivity contribution in [1.29, 1.82) is 0 Å². The van der Waals surface area contributed by atoms with E-state index in [1.807, 2.05) is 6.92 Å². The van der Waals surface area contributed by atoms with Gasteiger partial charge in [0, 0.05) is 0 Å². The number of alkyl halides is 2. The maximum absolute atomic E-state index is 11.7. The Bertz CT molecular complexity index is 231. The molecule has 1 rings (SSSR count). The molecule has 0 aliphatic carbocycles. The van der Waals surface area contributed by atoms with Gasteiger partial charge in [0.25, 0.3) is 0 Å². The summed E-state index contributed by atoms with van der Waals surface area (Å²) in [7, 11) is 0. The first kappa shape index (κ1) is 8.97. The maximum atomic E-state index is 11.7. The molecule has 0 saturated carbocycles. The van der Waals surface area contributed by atoms with Crippen LogP contribution in [0.3, 0.4) is 0 Å². The predicted octanol–water partition coefficient (Wildman–Crippen LogP) is 2.85. The van der Waals surface area contributed by atoms with Crippen molar-refractivity contribution in [3.63, 3.8) is 0 Å². The molecule has 0 bridgehead atoms. The van der Waals surface area contributed by atoms with Gasteiger partial charge in [0.2, 0.25) is 0 Å². The summed E-state index contributed by atoms with van der Waals surface area (Å²) in [5, 5.41) is 0. The minimum absolute atomic E-state index is 0.210. The Morgan fingerprint density at radius 1 is 1.25 bits per heavy atom. The summed E-state index contributed by atoms with van der Waals surface area (Å²) >= 11 is 0. The molecule has 0 amide bonds. The number of halogens is 2. The zero-order chi connectivity index (χ0) is 8.97. The van der Waals surface area contributed by atoms with Gasteiger partial charge in [-0.3, -0.25) is 0 Å². The SMILES string of the molecule is CCc1ccc(OC(F)F)cc1. The van der Waals surface area contributed by atoms with Gasteiger partial charge in [-0.2, -0.15) is 8.78 Å². The second-order valence-corrected chi connectivity index (χ2v) is 2.38. The van der Waals surface area contributed by atoms with Crippen LogP contribution in [0.1, 0.15) is 12.5 Å². The fraction of sp³-hybridized carbons (Fsp3) is 0.333. The molecule has 0 saturated heterocycles. The molecule has 0 fully saturated rings. The predicted molar refractivity (Wildman–Crippen MR) is 42.5 cm³/mol. The molecule has 1 aromatic carbocycles. The summed E-state index contributed by atoms with van der Waals surface area (Å²) in [6, 6.07) is 6.64. The van der Waals surface area contributed by atoms with Crippen LogP contribution in [0.2, 0.25) is 0 Å². The monoisotopic (exact) mass is 172 g/mol. The molecule has 12 heavy (non-hydrogen) atoms. The van der Waals surface area contributed by atoms with Crippen molar-refractivity contribution in [3.8, 4) is 5.75 Å². The normalized spacial score (nSPS) is 10.3. The Balaban J connectivity index is 2.65. The van der Waals surface area contributed by atoms with E-state index < -0.39 is 6.61 Å². The molecule has 3 heteroatoms. The van der Waals surface area contributed by atoms with Crippen molar-refractivity contribution in [2.75, 3.05) is 0 Å². The lowest BCUT2D eigenvalue weighted by Gasteiger charge is -2.03. The van der Waals surface area contributed by atoms with Crippen LogP contribution in [0.15, 0.2) is 24.3 Å². The van der Waals surface area contributed by atoms with Crippen molar-refractivity contribution in [3.05, 3.63) is 29.8 Å². The molecule has 1 nitrogen and oxygen atoms in total. The summed E-state index contributed by atoms with van der Waals surface area (Å²) in [6.07, 6.45) is 0.898. The lowest BCUT2D eigenvalue weighted by atomic mass is 10.2. The molecular formula is C9H10F2O. The fourth-order valence-electron chi connectivity index (χ4n) is 0.907. The van der Waals surface area contributed by atoms with Gasteiger partial charge in [-0.15, -0.1) is 0 Å². The van der Waals surface area contributed by atoms with E-state index in [-0.39, 0.29) is 5.75 Å². The minimum Gasteiger partial charge on any atom is -0.435 e. The topological polar surface area (TPSA) is 9.23 Å². The van der Waals surface area contributed by atoms with Crippen molar-refractivity contribution in [2.45, 2.75) is 20.0 Å². The van der Waals surface area contributed by atoms with Crippen LogP contribution in [0.25, 0.3) is 0 Å². The second kappa shape index (κ2) is 4.04. The van der Waals surface area contributed by atoms with E-state index in [1.54, 1.807) is 24.3 Å². The van der Waals surface area contributed by atoms with E-state index in [9.17, 15) is 8.78 Å². The van der Waals surface area contributed by atoms with Gasteiger partial charge in [-0.1, -0.05) is 19.1 Å². The summed E-state index contributed by atoms with van der Waals surface area (Å²) < 4.78 is 27.5. The molecule has 66 valence electrons. The largest absolute Gasteiger partial charge is 0.435 e. The highest BCUT2D eigenvalue weighted by Crippen LogP contribution is 2.14. The summed E-state index contributed by atoms with van der Waals surface area (Å²) in [6.45, 7) is -0.735. The number of rotatable bonds is 3. The van der Waals surface area contributed by atoms with Gasteiger partial charge in [-0.05, 0) is 24.1 Å². The van der Waals surface area contributed by atoms with Crippen molar-refractivity contribution in [2.24, 2.45) is 0 Å². The number of aryl methyl sites for hydroxylation is 1. The van der Waals surface area contributed by atoms with Crippen molar-refractivity contribution < 1.29 is 13.5 Å². The minimum atomic E-state index is -2.74. The van der Waals surface area contributed by atoms with Crippen LogP contribution < -0.4 is 4.74 Å². The van der Waals surface area contributed by atoms with Crippen LogP contribution in [-0.4, -0.2) is 6.61 Å². The third-order valence-corrected chi connectivity index (χ3v) is 1.56. The number of benzene rings is 1. The summed E-state index contributed by atoms with van der Waals surface area (Å²) in [5.41, 5.74) is 1.11. The van der Waals surface area contributed by atoms with Crippen molar-refractivity contribution >= 4 is 0 Å². The van der Waals surface area contributed by atoms with E-state index in [0.29, 0.717) is 0 Å². The summed E-state index contributed by atoms with van der Waals surface area (Å²) in [4.78, 5) is 0. The molecule has 0 radical (unpaired) electrons. The number of ether oxygens (including phenoxy) is 1. The van der Waals surface area contributed by atoms with Gasteiger partial charge in [0.05, 0.1) is 0 Å². The molecule has 0 atom stereocenters. The Hall–Kier alpha value is -1.12. The molecule has 1 aromatic rings. The van der Waals surface area contributed by atoms with Gasteiger partial charge in [0.1, 0.15) is 5.75 Å². The van der Waals surface area contributed by atoms with Gasteiger partial charge in [-0.25, -0.2) is 0 Å². The highest BCUT2D eigenvalue weighted by Gasteiger charge is 2.02. The van der Waals surface area contributed by atoms with E-state index in [2.05, 4.69) is 4.74 Å². The van der Waals surface area contributed by atoms with Crippen LogP contribution in [0, 0.1) is 0 Å². The molecule has 0 aliphatic heterocycles. The average Bonchev–Trinajstić information content (AvgIpc) is 2.05. The smallest absolute Gasteiger partial charge is 0.387 e. The highest BCUT2D eigenvalue weighted by atomic mass is 19.3. The van der Waals surface area contributed by atoms with Crippen LogP contribution in [-0.2, 0) is 6.42 Å². The van der Waals surface area contributed by atoms with Crippen LogP contribution in [0.5, 0.6) is 5.75 Å². The first-order valence-electron chi connectivity index (χ1n) is 3.76. The first-order chi connectivity index (χ1) is 5.72. The number of hydrogen-bond acceptors (Lipinski definition) is 1. The van der Waals surface area contributed by atoms with Gasteiger partial charge < -0.3 is 4.74 Å². The molecule has 0 unspecified atom stereocenters. The van der Waals surface area contributed by atoms with Gasteiger partial charge in [0.15, 0.2) is 0 Å². The van der Waals surface area contributed by atoms with Gasteiger partial charge >= 0.3 is 6.61 Å². The highest BCUT2D eigenvalue weighted by molar-refractivity contribution is 5.27. The molecular weight excluding hydrogens is 162 g/mol. The molecule has 0 heterocycles. The molecule has 0 spiro atoms. The Kier molecular flexibility index (Phi) is 3.02. The quantitative estimate of drug-likeness (QED) is 0.681. The van der Waals surface area contributed by atoms with Crippen molar-refractivity contribution in [1.82, 2.24) is 0 Å². The van der Waals surface area contributed by atoms with Crippen LogP contribution in [0.4, 0.5) is 8.78 Å². The average molecular weight is 172 g/mol. The maximum Gasteiger partial charge on any atom is 0.387 e. The second-order valence-electron chi connectivity index (χ2n) is 2.38. The first-order valence-corrected chi connectivity index (χ1v) is 3.76. The third kappa shape index (κ3) is 2.49. The summed E-state index contributed by atoms with van der Waals surface area (Å²) in [5.74, 6) is 0.210. The van der Waals surface area contributed by atoms with E-state index in [1.165, 1.54) is 0 Å². The van der Waals surface area contributed by atoms with E-state index in [4.69, 9.17) is 0 Å². The Morgan fingerprint density at radius 3 is 2.25 bits per heavy atom. The van der Waals surface area contributed by atoms with E-state index in [0.717, 1.165) is 12.0 Å². The number of hydrogen-bond donors (Lipinski definition) is 0. The zero-order valence-corrected chi connectivity index (χ0v) is 6.76. The lowest BCUT2D eigenvalue weighted by molar-refractivity contribution is -0.0498. The molecule has 0 aromatic heterocycles. The molecule has 0 aliphatic rings. The third-order valence-electron chi connectivity index (χ3n) is 1.56. The zero-order valence-electron chi connectivity index (χ0n) is 6.76.